The Morgan fingerprint density at radius 2 is 1.83 bits per heavy atom. The third-order valence-electron chi connectivity index (χ3n) is 2.59. The number of benzene rings is 2. The van der Waals surface area contributed by atoms with Gasteiger partial charge in [0, 0.05) is 16.1 Å². The van der Waals surface area contributed by atoms with Gasteiger partial charge < -0.3 is 5.73 Å². The van der Waals surface area contributed by atoms with Gasteiger partial charge in [0.1, 0.15) is 0 Å². The topological polar surface area (TPSA) is 26.0 Å². The Labute approximate surface area is 112 Å². The normalized spacial score (nSPS) is 9.61. The van der Waals surface area contributed by atoms with Crippen molar-refractivity contribution in [2.75, 3.05) is 11.5 Å². The molecular weight excluding hydrogens is 238 g/mol. The molecule has 0 saturated carbocycles. The van der Waals surface area contributed by atoms with E-state index in [1.165, 1.54) is 0 Å². The van der Waals surface area contributed by atoms with Gasteiger partial charge >= 0.3 is 0 Å². The molecule has 0 saturated heterocycles. The van der Waals surface area contributed by atoms with Gasteiger partial charge in [0.25, 0.3) is 0 Å². The van der Waals surface area contributed by atoms with E-state index < -0.39 is 0 Å². The van der Waals surface area contributed by atoms with E-state index in [2.05, 4.69) is 11.8 Å². The van der Waals surface area contributed by atoms with Crippen molar-refractivity contribution in [3.63, 3.8) is 0 Å². The molecule has 0 aliphatic rings. The van der Waals surface area contributed by atoms with E-state index in [1.807, 2.05) is 55.5 Å². The lowest BCUT2D eigenvalue weighted by Gasteiger charge is -2.05. The molecule has 0 aliphatic carbocycles. The Morgan fingerprint density at radius 1 is 1.06 bits per heavy atom. The first-order chi connectivity index (χ1) is 8.77. The number of hydrogen-bond donors (Lipinski definition) is 1. The summed E-state index contributed by atoms with van der Waals surface area (Å²) in [5, 5.41) is 0. The SMILES string of the molecule is Cc1cccc(SCC#Cc2ccccc2)c1N. The standard InChI is InChI=1S/C16H15NS/c1-13-7-5-11-15(16(13)17)18-12-6-10-14-8-3-2-4-9-14/h2-5,7-9,11H,12,17H2,1H3. The molecule has 0 aromatic heterocycles. The molecule has 18 heavy (non-hydrogen) atoms. The molecule has 0 aliphatic heterocycles. The summed E-state index contributed by atoms with van der Waals surface area (Å²) in [6.45, 7) is 2.02. The van der Waals surface area contributed by atoms with Crippen LogP contribution in [0.4, 0.5) is 5.69 Å². The maximum atomic E-state index is 6.01. The van der Waals surface area contributed by atoms with E-state index in [4.69, 9.17) is 5.73 Å². The molecular formula is C16H15NS. The lowest BCUT2D eigenvalue weighted by atomic mass is 10.2. The highest BCUT2D eigenvalue weighted by molar-refractivity contribution is 7.99. The van der Waals surface area contributed by atoms with Crippen LogP contribution in [0.25, 0.3) is 0 Å². The van der Waals surface area contributed by atoms with Crippen LogP contribution >= 0.6 is 11.8 Å². The molecule has 0 heterocycles. The van der Waals surface area contributed by atoms with E-state index in [-0.39, 0.29) is 0 Å². The zero-order chi connectivity index (χ0) is 12.8. The Morgan fingerprint density at radius 3 is 2.61 bits per heavy atom. The number of hydrogen-bond acceptors (Lipinski definition) is 2. The Bertz CT molecular complexity index is 579. The van der Waals surface area contributed by atoms with Gasteiger partial charge in [0.15, 0.2) is 0 Å². The van der Waals surface area contributed by atoms with Crippen molar-refractivity contribution in [1.82, 2.24) is 0 Å². The molecule has 0 spiro atoms. The summed E-state index contributed by atoms with van der Waals surface area (Å²) in [6, 6.07) is 16.1. The highest BCUT2D eigenvalue weighted by Gasteiger charge is 2.00. The van der Waals surface area contributed by atoms with Gasteiger partial charge in [0.2, 0.25) is 0 Å². The molecule has 2 aromatic rings. The van der Waals surface area contributed by atoms with Crippen molar-refractivity contribution in [2.45, 2.75) is 11.8 Å². The van der Waals surface area contributed by atoms with Crippen LogP contribution in [0, 0.1) is 18.8 Å². The molecule has 2 rings (SSSR count). The van der Waals surface area contributed by atoms with E-state index in [1.54, 1.807) is 11.8 Å². The van der Waals surface area contributed by atoms with Gasteiger partial charge in [0.05, 0.1) is 5.75 Å². The highest BCUT2D eigenvalue weighted by Crippen LogP contribution is 2.26. The fourth-order valence-corrected chi connectivity index (χ4v) is 2.34. The first-order valence-electron chi connectivity index (χ1n) is 5.79. The average Bonchev–Trinajstić information content (AvgIpc) is 2.40. The predicted molar refractivity (Wildman–Crippen MR) is 79.6 cm³/mol. The van der Waals surface area contributed by atoms with Crippen molar-refractivity contribution in [2.24, 2.45) is 0 Å². The third kappa shape index (κ3) is 3.32. The first-order valence-corrected chi connectivity index (χ1v) is 6.78. The molecule has 90 valence electrons. The summed E-state index contributed by atoms with van der Waals surface area (Å²) in [5.74, 6) is 7.04. The van der Waals surface area contributed by atoms with Gasteiger partial charge in [-0.15, -0.1) is 11.8 Å². The molecule has 2 heteroatoms. The van der Waals surface area contributed by atoms with Gasteiger partial charge in [-0.1, -0.05) is 42.2 Å². The molecule has 0 fully saturated rings. The minimum Gasteiger partial charge on any atom is -0.398 e. The molecule has 0 atom stereocenters. The Balaban J connectivity index is 1.97. The van der Waals surface area contributed by atoms with Gasteiger partial charge in [-0.2, -0.15) is 0 Å². The summed E-state index contributed by atoms with van der Waals surface area (Å²) < 4.78 is 0. The molecule has 2 N–H and O–H groups in total. The third-order valence-corrected chi connectivity index (χ3v) is 3.55. The molecule has 0 radical (unpaired) electrons. The summed E-state index contributed by atoms with van der Waals surface area (Å²) in [5.41, 5.74) is 9.04. The van der Waals surface area contributed by atoms with Crippen LogP contribution in [-0.2, 0) is 0 Å². The predicted octanol–water partition coefficient (Wildman–Crippen LogP) is 3.72. The van der Waals surface area contributed by atoms with Crippen LogP contribution in [0.15, 0.2) is 53.4 Å². The second-order valence-electron chi connectivity index (χ2n) is 3.94. The minimum atomic E-state index is 0.753. The zero-order valence-corrected chi connectivity index (χ0v) is 11.1. The number of para-hydroxylation sites is 1. The monoisotopic (exact) mass is 253 g/mol. The molecule has 0 amide bonds. The lowest BCUT2D eigenvalue weighted by Crippen LogP contribution is -1.92. The van der Waals surface area contributed by atoms with Gasteiger partial charge in [-0.3, -0.25) is 0 Å². The van der Waals surface area contributed by atoms with E-state index in [0.29, 0.717) is 0 Å². The minimum absolute atomic E-state index is 0.753. The second kappa shape index (κ2) is 6.18. The quantitative estimate of drug-likeness (QED) is 0.501. The number of nitrogens with two attached hydrogens (primary N) is 1. The van der Waals surface area contributed by atoms with Crippen molar-refractivity contribution in [3.05, 3.63) is 59.7 Å². The van der Waals surface area contributed by atoms with Crippen LogP contribution in [0.1, 0.15) is 11.1 Å². The molecule has 0 bridgehead atoms. The molecule has 0 unspecified atom stereocenters. The fourth-order valence-electron chi connectivity index (χ4n) is 1.55. The number of thioether (sulfide) groups is 1. The molecule has 1 nitrogen and oxygen atoms in total. The largest absolute Gasteiger partial charge is 0.398 e. The smallest absolute Gasteiger partial charge is 0.0599 e. The summed E-state index contributed by atoms with van der Waals surface area (Å²) in [6.07, 6.45) is 0. The lowest BCUT2D eigenvalue weighted by molar-refractivity contribution is 1.37. The van der Waals surface area contributed by atoms with E-state index >= 15 is 0 Å². The van der Waals surface area contributed by atoms with Crippen molar-refractivity contribution >= 4 is 17.4 Å². The van der Waals surface area contributed by atoms with Crippen molar-refractivity contribution in [1.29, 1.82) is 0 Å². The van der Waals surface area contributed by atoms with Crippen LogP contribution in [0.5, 0.6) is 0 Å². The van der Waals surface area contributed by atoms with Crippen LogP contribution in [0.3, 0.4) is 0 Å². The summed E-state index contributed by atoms with van der Waals surface area (Å²) >= 11 is 1.68. The van der Waals surface area contributed by atoms with E-state index in [0.717, 1.165) is 27.5 Å². The molecule has 2 aromatic carbocycles. The number of anilines is 1. The van der Waals surface area contributed by atoms with Crippen LogP contribution < -0.4 is 5.73 Å². The summed E-state index contributed by atoms with van der Waals surface area (Å²) in [4.78, 5) is 1.11. The highest BCUT2D eigenvalue weighted by atomic mass is 32.2. The van der Waals surface area contributed by atoms with E-state index in [9.17, 15) is 0 Å². The second-order valence-corrected chi connectivity index (χ2v) is 4.96. The maximum Gasteiger partial charge on any atom is 0.0599 e. The fraction of sp³-hybridized carbons (Fsp3) is 0.125. The number of nitrogen functional groups attached to an aromatic ring is 1. The number of aryl methyl sites for hydroxylation is 1. The summed E-state index contributed by atoms with van der Waals surface area (Å²) in [7, 11) is 0. The first kappa shape index (κ1) is 12.6. The van der Waals surface area contributed by atoms with Gasteiger partial charge in [-0.25, -0.2) is 0 Å². The van der Waals surface area contributed by atoms with Crippen molar-refractivity contribution < 1.29 is 0 Å². The van der Waals surface area contributed by atoms with Crippen LogP contribution in [-0.4, -0.2) is 5.75 Å². The maximum absolute atomic E-state index is 6.01. The zero-order valence-electron chi connectivity index (χ0n) is 10.3. The van der Waals surface area contributed by atoms with Gasteiger partial charge in [-0.05, 0) is 30.7 Å². The number of rotatable bonds is 2. The Kier molecular flexibility index (Phi) is 4.33. The van der Waals surface area contributed by atoms with Crippen LogP contribution in [0.2, 0.25) is 0 Å². The average molecular weight is 253 g/mol. The van der Waals surface area contributed by atoms with Crippen molar-refractivity contribution in [3.8, 4) is 11.8 Å². The Hall–Kier alpha value is -1.85.